The Morgan fingerprint density at radius 1 is 0.958 bits per heavy atom. The zero-order valence-corrected chi connectivity index (χ0v) is 16.2. The minimum Gasteiger partial charge on any atom is -0.368 e. The number of halogens is 2. The van der Waals surface area contributed by atoms with E-state index in [2.05, 4.69) is 32.2 Å². The Kier molecular flexibility index (Phi) is 11.2. The molecule has 3 N–H and O–H groups in total. The second kappa shape index (κ2) is 11.9. The Morgan fingerprint density at radius 2 is 1.50 bits per heavy atom. The van der Waals surface area contributed by atoms with Gasteiger partial charge < -0.3 is 11.1 Å². The van der Waals surface area contributed by atoms with Gasteiger partial charge in [0.15, 0.2) is 0 Å². The number of aryl methyl sites for hydroxylation is 2. The number of nitrogens with zero attached hydrogens (tertiary/aromatic N) is 4. The summed E-state index contributed by atoms with van der Waals surface area (Å²) in [5.74, 6) is 0.917. The number of anilines is 1. The van der Waals surface area contributed by atoms with Crippen LogP contribution in [0.15, 0.2) is 12.7 Å². The van der Waals surface area contributed by atoms with Gasteiger partial charge in [-0.3, -0.25) is 0 Å². The van der Waals surface area contributed by atoms with Gasteiger partial charge in [-0.2, -0.15) is 0 Å². The van der Waals surface area contributed by atoms with E-state index in [1.165, 1.54) is 11.9 Å². The topological polar surface area (TPSA) is 89.6 Å². The van der Waals surface area contributed by atoms with E-state index in [0.29, 0.717) is 11.7 Å². The van der Waals surface area contributed by atoms with Crippen molar-refractivity contribution in [3.63, 3.8) is 0 Å². The first-order chi connectivity index (χ1) is 11.0. The molecule has 0 saturated carbocycles. The molecule has 0 atom stereocenters. The first-order valence-electron chi connectivity index (χ1n) is 7.75. The fraction of sp³-hybridized carbons (Fsp3) is 0.500. The van der Waals surface area contributed by atoms with E-state index in [9.17, 15) is 0 Å². The lowest BCUT2D eigenvalue weighted by Gasteiger charge is -2.09. The van der Waals surface area contributed by atoms with Crippen LogP contribution in [0.2, 0.25) is 5.15 Å². The highest BCUT2D eigenvalue weighted by Crippen LogP contribution is 2.15. The molecule has 0 unspecified atom stereocenters. The predicted molar refractivity (Wildman–Crippen MR) is 102 cm³/mol. The van der Waals surface area contributed by atoms with Gasteiger partial charge in [-0.05, 0) is 26.7 Å². The lowest BCUT2D eigenvalue weighted by atomic mass is 10.2. The molecule has 0 aliphatic heterocycles. The molecule has 2 heterocycles. The standard InChI is InChI=1S/C9H16N4.C7H9ClN2.ClH/c1-3-8-7(2)12-6-13-9(8)11-5-4-10;1-3-6-5(2)9-4-10-7(6)8;/h6H,3-5,10H2,1-2H3,(H,11,12,13);4H,3H2,1-2H3;1H. The average molecular weight is 373 g/mol. The van der Waals surface area contributed by atoms with E-state index < -0.39 is 0 Å². The van der Waals surface area contributed by atoms with E-state index >= 15 is 0 Å². The summed E-state index contributed by atoms with van der Waals surface area (Å²) >= 11 is 5.78. The molecule has 0 radical (unpaired) electrons. The van der Waals surface area contributed by atoms with Crippen molar-refractivity contribution >= 4 is 29.8 Å². The lowest BCUT2D eigenvalue weighted by molar-refractivity contribution is 0.957. The average Bonchev–Trinajstić information content (AvgIpc) is 2.54. The SMILES string of the molecule is CCc1c(C)ncnc1Cl.CCc1c(C)ncnc1NCCN.Cl. The maximum Gasteiger partial charge on any atom is 0.135 e. The van der Waals surface area contributed by atoms with Crippen LogP contribution in [-0.4, -0.2) is 33.0 Å². The first kappa shape index (κ1) is 22.5. The summed E-state index contributed by atoms with van der Waals surface area (Å²) in [5.41, 5.74) is 9.64. The minimum atomic E-state index is 0. The summed E-state index contributed by atoms with van der Waals surface area (Å²) in [7, 11) is 0. The fourth-order valence-electron chi connectivity index (χ4n) is 2.14. The molecule has 134 valence electrons. The molecular weight excluding hydrogens is 347 g/mol. The minimum absolute atomic E-state index is 0. The summed E-state index contributed by atoms with van der Waals surface area (Å²) in [6.45, 7) is 9.44. The molecule has 24 heavy (non-hydrogen) atoms. The Morgan fingerprint density at radius 3 is 1.96 bits per heavy atom. The van der Waals surface area contributed by atoms with Gasteiger partial charge in [-0.1, -0.05) is 25.4 Å². The molecule has 0 bridgehead atoms. The fourth-order valence-corrected chi connectivity index (χ4v) is 2.45. The summed E-state index contributed by atoms with van der Waals surface area (Å²) in [6, 6.07) is 0. The van der Waals surface area contributed by atoms with E-state index in [4.69, 9.17) is 17.3 Å². The van der Waals surface area contributed by atoms with Crippen LogP contribution in [0.4, 0.5) is 5.82 Å². The highest BCUT2D eigenvalue weighted by atomic mass is 35.5. The number of nitrogens with two attached hydrogens (primary N) is 1. The highest BCUT2D eigenvalue weighted by molar-refractivity contribution is 6.30. The predicted octanol–water partition coefficient (Wildman–Crippen LogP) is 3.14. The number of nitrogens with one attached hydrogen (secondary N) is 1. The van der Waals surface area contributed by atoms with Crippen LogP contribution in [0.5, 0.6) is 0 Å². The molecule has 0 aliphatic rings. The number of aromatic nitrogens is 4. The van der Waals surface area contributed by atoms with Gasteiger partial charge in [0.2, 0.25) is 0 Å². The zero-order valence-electron chi connectivity index (χ0n) is 14.6. The molecule has 2 aromatic heterocycles. The third-order valence-corrected chi connectivity index (χ3v) is 3.74. The van der Waals surface area contributed by atoms with E-state index in [0.717, 1.165) is 42.2 Å². The lowest BCUT2D eigenvalue weighted by Crippen LogP contribution is -2.15. The Labute approximate surface area is 155 Å². The summed E-state index contributed by atoms with van der Waals surface area (Å²) < 4.78 is 0. The van der Waals surface area contributed by atoms with Gasteiger partial charge in [0, 0.05) is 35.6 Å². The summed E-state index contributed by atoms with van der Waals surface area (Å²) in [6.07, 6.45) is 4.90. The smallest absolute Gasteiger partial charge is 0.135 e. The summed E-state index contributed by atoms with van der Waals surface area (Å²) in [4.78, 5) is 16.2. The molecule has 6 nitrogen and oxygen atoms in total. The van der Waals surface area contributed by atoms with Crippen molar-refractivity contribution < 1.29 is 0 Å². The number of hydrogen-bond acceptors (Lipinski definition) is 6. The van der Waals surface area contributed by atoms with Gasteiger partial charge in [-0.25, -0.2) is 19.9 Å². The van der Waals surface area contributed by atoms with Crippen LogP contribution < -0.4 is 11.1 Å². The Bertz CT molecular complexity index is 601. The van der Waals surface area contributed by atoms with E-state index in [-0.39, 0.29) is 12.4 Å². The van der Waals surface area contributed by atoms with Crippen LogP contribution in [0, 0.1) is 13.8 Å². The van der Waals surface area contributed by atoms with Crippen LogP contribution in [-0.2, 0) is 12.8 Å². The molecule has 0 fully saturated rings. The molecule has 0 amide bonds. The molecule has 8 heteroatoms. The number of rotatable bonds is 5. The van der Waals surface area contributed by atoms with Crippen LogP contribution >= 0.6 is 24.0 Å². The molecule has 0 spiro atoms. The zero-order chi connectivity index (χ0) is 17.2. The maximum atomic E-state index is 5.78. The van der Waals surface area contributed by atoms with Crippen molar-refractivity contribution in [3.8, 4) is 0 Å². The highest BCUT2D eigenvalue weighted by Gasteiger charge is 2.04. The van der Waals surface area contributed by atoms with Crippen LogP contribution in [0.3, 0.4) is 0 Å². The van der Waals surface area contributed by atoms with Crippen molar-refractivity contribution in [2.45, 2.75) is 40.5 Å². The van der Waals surface area contributed by atoms with Gasteiger partial charge in [0.1, 0.15) is 23.6 Å². The normalized spacial score (nSPS) is 9.58. The van der Waals surface area contributed by atoms with Crippen molar-refractivity contribution in [1.82, 2.24) is 19.9 Å². The van der Waals surface area contributed by atoms with Gasteiger partial charge in [0.05, 0.1) is 0 Å². The van der Waals surface area contributed by atoms with E-state index in [1.54, 1.807) is 6.33 Å². The van der Waals surface area contributed by atoms with Crippen molar-refractivity contribution in [3.05, 3.63) is 40.3 Å². The molecule has 2 aromatic rings. The van der Waals surface area contributed by atoms with E-state index in [1.807, 2.05) is 20.8 Å². The Hall–Kier alpha value is -1.50. The van der Waals surface area contributed by atoms with Gasteiger partial charge in [0.25, 0.3) is 0 Å². The monoisotopic (exact) mass is 372 g/mol. The summed E-state index contributed by atoms with van der Waals surface area (Å²) in [5, 5.41) is 3.76. The molecule has 0 aromatic carbocycles. The first-order valence-corrected chi connectivity index (χ1v) is 8.13. The molecule has 2 rings (SSSR count). The van der Waals surface area contributed by atoms with Crippen molar-refractivity contribution in [2.24, 2.45) is 5.73 Å². The third kappa shape index (κ3) is 6.55. The van der Waals surface area contributed by atoms with Crippen molar-refractivity contribution in [2.75, 3.05) is 18.4 Å². The quantitative estimate of drug-likeness (QED) is 0.783. The van der Waals surface area contributed by atoms with Crippen LogP contribution in [0.25, 0.3) is 0 Å². The third-order valence-electron chi connectivity index (χ3n) is 3.41. The van der Waals surface area contributed by atoms with Gasteiger partial charge >= 0.3 is 0 Å². The second-order valence-corrected chi connectivity index (χ2v) is 5.30. The molecule has 0 aliphatic carbocycles. The number of hydrogen-bond donors (Lipinski definition) is 2. The van der Waals surface area contributed by atoms with Crippen molar-refractivity contribution in [1.29, 1.82) is 0 Å². The maximum absolute atomic E-state index is 5.78. The molecular formula is C16H26Cl2N6. The largest absolute Gasteiger partial charge is 0.368 e. The van der Waals surface area contributed by atoms with Crippen LogP contribution in [0.1, 0.15) is 36.4 Å². The van der Waals surface area contributed by atoms with Gasteiger partial charge in [-0.15, -0.1) is 12.4 Å². The molecule has 0 saturated heterocycles. The second-order valence-electron chi connectivity index (χ2n) is 4.94. The Balaban J connectivity index is 0.000000436.